The Morgan fingerprint density at radius 2 is 1.58 bits per heavy atom. The lowest BCUT2D eigenvalue weighted by Gasteiger charge is -2.19. The van der Waals surface area contributed by atoms with E-state index in [1.165, 1.54) is 18.7 Å². The number of ether oxygens (including phenoxy) is 2. The van der Waals surface area contributed by atoms with E-state index in [4.69, 9.17) is 9.47 Å². The molecule has 6 nitrogen and oxygen atoms in total. The van der Waals surface area contributed by atoms with Crippen molar-refractivity contribution < 1.29 is 19.1 Å². The van der Waals surface area contributed by atoms with Gasteiger partial charge in [0, 0.05) is 23.2 Å². The molecule has 0 saturated carbocycles. The second-order valence-corrected chi connectivity index (χ2v) is 7.23. The van der Waals surface area contributed by atoms with E-state index in [0.717, 1.165) is 10.6 Å². The zero-order valence-electron chi connectivity index (χ0n) is 14.6. The maximum atomic E-state index is 12.4. The molecule has 0 radical (unpaired) electrons. The summed E-state index contributed by atoms with van der Waals surface area (Å²) in [6.45, 7) is 4.39. The number of rotatable bonds is 5. The molecule has 0 fully saturated rings. The summed E-state index contributed by atoms with van der Waals surface area (Å²) in [6.07, 6.45) is 0. The number of anilines is 2. The Labute approximate surface area is 156 Å². The van der Waals surface area contributed by atoms with Gasteiger partial charge in [0.2, 0.25) is 11.8 Å². The van der Waals surface area contributed by atoms with E-state index in [9.17, 15) is 9.59 Å². The normalized spacial score (nSPS) is 13.6. The number of hydrogen-bond donors (Lipinski definition) is 2. The highest BCUT2D eigenvalue weighted by atomic mass is 32.2. The van der Waals surface area contributed by atoms with Crippen LogP contribution in [-0.2, 0) is 9.59 Å². The summed E-state index contributed by atoms with van der Waals surface area (Å²) in [5.41, 5.74) is 1.37. The Morgan fingerprint density at radius 3 is 2.23 bits per heavy atom. The number of amides is 2. The van der Waals surface area contributed by atoms with Gasteiger partial charge in [-0.05, 0) is 49.4 Å². The first-order valence-electron chi connectivity index (χ1n) is 8.26. The quantitative estimate of drug-likeness (QED) is 0.785. The van der Waals surface area contributed by atoms with Gasteiger partial charge in [-0.15, -0.1) is 11.8 Å². The topological polar surface area (TPSA) is 76.7 Å². The van der Waals surface area contributed by atoms with Gasteiger partial charge in [0.25, 0.3) is 0 Å². The lowest BCUT2D eigenvalue weighted by molar-refractivity contribution is -0.115. The Bertz CT molecular complexity index is 808. The van der Waals surface area contributed by atoms with Crippen molar-refractivity contribution in [3.63, 3.8) is 0 Å². The molecule has 2 aromatic carbocycles. The molecule has 136 valence electrons. The molecule has 0 spiro atoms. The first-order valence-corrected chi connectivity index (χ1v) is 9.14. The summed E-state index contributed by atoms with van der Waals surface area (Å²) in [4.78, 5) is 24.4. The van der Waals surface area contributed by atoms with Crippen molar-refractivity contribution in [1.29, 1.82) is 0 Å². The van der Waals surface area contributed by atoms with Crippen molar-refractivity contribution in [1.82, 2.24) is 0 Å². The van der Waals surface area contributed by atoms with Gasteiger partial charge in [-0.1, -0.05) is 0 Å². The van der Waals surface area contributed by atoms with Crippen molar-refractivity contribution in [2.75, 3.05) is 23.8 Å². The largest absolute Gasteiger partial charge is 0.486 e. The fraction of sp³-hybridized carbons (Fsp3) is 0.263. The Hall–Kier alpha value is -2.67. The van der Waals surface area contributed by atoms with Crippen LogP contribution < -0.4 is 20.1 Å². The van der Waals surface area contributed by atoms with Gasteiger partial charge in [-0.3, -0.25) is 9.59 Å². The number of benzene rings is 2. The first kappa shape index (κ1) is 18.1. The summed E-state index contributed by atoms with van der Waals surface area (Å²) >= 11 is 1.45. The number of hydrogen-bond acceptors (Lipinski definition) is 5. The SMILES string of the molecule is CC(=O)Nc1ccc(NC(=O)[C@H](C)Sc2ccc3c(c2)OCCO3)cc1. The zero-order valence-corrected chi connectivity index (χ0v) is 15.4. The lowest BCUT2D eigenvalue weighted by Crippen LogP contribution is -2.22. The molecule has 1 heterocycles. The van der Waals surface area contributed by atoms with Gasteiger partial charge in [-0.2, -0.15) is 0 Å². The van der Waals surface area contributed by atoms with Crippen molar-refractivity contribution in [2.24, 2.45) is 0 Å². The molecule has 2 amide bonds. The fourth-order valence-electron chi connectivity index (χ4n) is 2.44. The zero-order chi connectivity index (χ0) is 18.5. The number of thioether (sulfide) groups is 1. The van der Waals surface area contributed by atoms with E-state index in [0.29, 0.717) is 30.3 Å². The van der Waals surface area contributed by atoms with Gasteiger partial charge in [0.15, 0.2) is 11.5 Å². The third kappa shape index (κ3) is 4.70. The van der Waals surface area contributed by atoms with Gasteiger partial charge >= 0.3 is 0 Å². The lowest BCUT2D eigenvalue weighted by atomic mass is 10.2. The third-order valence-electron chi connectivity index (χ3n) is 3.67. The monoisotopic (exact) mass is 372 g/mol. The third-order valence-corrected chi connectivity index (χ3v) is 4.76. The maximum absolute atomic E-state index is 12.4. The first-order chi connectivity index (χ1) is 12.5. The van der Waals surface area contributed by atoms with Gasteiger partial charge in [-0.25, -0.2) is 0 Å². The summed E-state index contributed by atoms with van der Waals surface area (Å²) < 4.78 is 11.1. The number of carbonyl (C=O) groups excluding carboxylic acids is 2. The van der Waals surface area contributed by atoms with Crippen LogP contribution in [0.3, 0.4) is 0 Å². The van der Waals surface area contributed by atoms with Crippen LogP contribution in [0.1, 0.15) is 13.8 Å². The van der Waals surface area contributed by atoms with Crippen LogP contribution in [0.15, 0.2) is 47.4 Å². The van der Waals surface area contributed by atoms with Crippen LogP contribution in [-0.4, -0.2) is 30.3 Å². The second kappa shape index (κ2) is 8.14. The Balaban J connectivity index is 1.58. The standard InChI is InChI=1S/C19H20N2O4S/c1-12(26-16-7-8-17-18(11-16)25-10-9-24-17)19(23)21-15-5-3-14(4-6-15)20-13(2)22/h3-8,11-12H,9-10H2,1-2H3,(H,20,22)(H,21,23)/t12-/m0/s1. The molecule has 1 aliphatic heterocycles. The fourth-order valence-corrected chi connectivity index (χ4v) is 3.33. The minimum Gasteiger partial charge on any atom is -0.486 e. The van der Waals surface area contributed by atoms with Crippen molar-refractivity contribution in [3.8, 4) is 11.5 Å². The number of nitrogens with one attached hydrogen (secondary N) is 2. The molecule has 2 N–H and O–H groups in total. The number of carbonyl (C=O) groups is 2. The van der Waals surface area contributed by atoms with E-state index >= 15 is 0 Å². The highest BCUT2D eigenvalue weighted by molar-refractivity contribution is 8.00. The van der Waals surface area contributed by atoms with Gasteiger partial charge in [0.05, 0.1) is 5.25 Å². The van der Waals surface area contributed by atoms with E-state index in [1.54, 1.807) is 24.3 Å². The van der Waals surface area contributed by atoms with E-state index < -0.39 is 0 Å². The summed E-state index contributed by atoms with van der Waals surface area (Å²) in [5.74, 6) is 1.21. The summed E-state index contributed by atoms with van der Waals surface area (Å²) in [5, 5.41) is 5.28. The van der Waals surface area contributed by atoms with Crippen molar-refractivity contribution in [3.05, 3.63) is 42.5 Å². The second-order valence-electron chi connectivity index (χ2n) is 5.81. The Kier molecular flexibility index (Phi) is 5.68. The smallest absolute Gasteiger partial charge is 0.237 e. The molecule has 26 heavy (non-hydrogen) atoms. The molecule has 1 aliphatic rings. The molecular weight excluding hydrogens is 352 g/mol. The van der Waals surface area contributed by atoms with E-state index in [-0.39, 0.29) is 17.1 Å². The molecule has 0 bridgehead atoms. The molecule has 0 saturated heterocycles. The Morgan fingerprint density at radius 1 is 0.962 bits per heavy atom. The van der Waals surface area contributed by atoms with Crippen LogP contribution in [0.2, 0.25) is 0 Å². The maximum Gasteiger partial charge on any atom is 0.237 e. The summed E-state index contributed by atoms with van der Waals surface area (Å²) in [6, 6.07) is 12.7. The molecule has 3 rings (SSSR count). The van der Waals surface area contributed by atoms with Crippen LogP contribution in [0.4, 0.5) is 11.4 Å². The van der Waals surface area contributed by atoms with Crippen LogP contribution >= 0.6 is 11.8 Å². The number of fused-ring (bicyclic) bond motifs is 1. The van der Waals surface area contributed by atoms with Gasteiger partial charge < -0.3 is 20.1 Å². The molecule has 7 heteroatoms. The minimum absolute atomic E-state index is 0.0998. The van der Waals surface area contributed by atoms with Crippen LogP contribution in [0, 0.1) is 0 Å². The molecule has 0 aromatic heterocycles. The van der Waals surface area contributed by atoms with Crippen LogP contribution in [0.5, 0.6) is 11.5 Å². The van der Waals surface area contributed by atoms with Crippen molar-refractivity contribution in [2.45, 2.75) is 24.0 Å². The van der Waals surface area contributed by atoms with E-state index in [1.807, 2.05) is 25.1 Å². The van der Waals surface area contributed by atoms with E-state index in [2.05, 4.69) is 10.6 Å². The molecule has 2 aromatic rings. The molecule has 0 aliphatic carbocycles. The minimum atomic E-state index is -0.285. The van der Waals surface area contributed by atoms with Crippen LogP contribution in [0.25, 0.3) is 0 Å². The molecule has 0 unspecified atom stereocenters. The highest BCUT2D eigenvalue weighted by Gasteiger charge is 2.17. The molecular formula is C19H20N2O4S. The van der Waals surface area contributed by atoms with Crippen molar-refractivity contribution >= 4 is 35.0 Å². The highest BCUT2D eigenvalue weighted by Crippen LogP contribution is 2.35. The molecule has 1 atom stereocenters. The predicted octanol–water partition coefficient (Wildman–Crippen LogP) is 3.54. The van der Waals surface area contributed by atoms with Gasteiger partial charge in [0.1, 0.15) is 13.2 Å². The predicted molar refractivity (Wildman–Crippen MR) is 102 cm³/mol. The summed E-state index contributed by atoms with van der Waals surface area (Å²) in [7, 11) is 0. The average Bonchev–Trinajstić information content (AvgIpc) is 2.62. The average molecular weight is 372 g/mol.